The van der Waals surface area contributed by atoms with Crippen molar-refractivity contribution in [3.8, 4) is 17.3 Å². The number of nitriles is 1. The summed E-state index contributed by atoms with van der Waals surface area (Å²) in [4.78, 5) is 4.41. The molecule has 2 heterocycles. The van der Waals surface area contributed by atoms with Crippen LogP contribution in [0.1, 0.15) is 11.1 Å². The van der Waals surface area contributed by atoms with Crippen molar-refractivity contribution in [3.63, 3.8) is 0 Å². The molecule has 0 radical (unpaired) electrons. The van der Waals surface area contributed by atoms with Crippen molar-refractivity contribution >= 4 is 21.9 Å². The Balaban J connectivity index is 1.99. The highest BCUT2D eigenvalue weighted by atomic mass is 16.3. The van der Waals surface area contributed by atoms with Crippen LogP contribution in [0.3, 0.4) is 0 Å². The fraction of sp³-hybridized carbons (Fsp3) is 0.0526. The van der Waals surface area contributed by atoms with Crippen molar-refractivity contribution in [1.82, 2.24) is 4.98 Å². The molecule has 0 aliphatic carbocycles. The number of rotatable bonds is 1. The fourth-order valence-corrected chi connectivity index (χ4v) is 2.74. The van der Waals surface area contributed by atoms with Crippen molar-refractivity contribution in [1.29, 1.82) is 5.26 Å². The van der Waals surface area contributed by atoms with Crippen LogP contribution in [0.5, 0.6) is 0 Å². The van der Waals surface area contributed by atoms with E-state index in [1.54, 1.807) is 12.3 Å². The zero-order valence-corrected chi connectivity index (χ0v) is 12.0. The highest BCUT2D eigenvalue weighted by Gasteiger charge is 2.11. The first-order valence-electron chi connectivity index (χ1n) is 7.05. The van der Waals surface area contributed by atoms with Gasteiger partial charge in [-0.2, -0.15) is 5.26 Å². The molecule has 2 aromatic carbocycles. The first kappa shape index (κ1) is 12.6. The minimum atomic E-state index is 0.559. The number of fused-ring (bicyclic) bond motifs is 3. The number of nitrogens with zero attached hydrogens (tertiary/aromatic N) is 2. The molecule has 0 fully saturated rings. The van der Waals surface area contributed by atoms with Crippen LogP contribution >= 0.6 is 0 Å². The Hall–Kier alpha value is -3.12. The molecule has 3 nitrogen and oxygen atoms in total. The van der Waals surface area contributed by atoms with Gasteiger partial charge < -0.3 is 4.42 Å². The highest BCUT2D eigenvalue weighted by molar-refractivity contribution is 6.07. The first-order chi connectivity index (χ1) is 10.8. The Morgan fingerprint density at radius 2 is 1.95 bits per heavy atom. The topological polar surface area (TPSA) is 49.8 Å². The summed E-state index contributed by atoms with van der Waals surface area (Å²) in [5, 5.41) is 11.2. The molecular formula is C19H12N2O. The number of furan rings is 1. The Morgan fingerprint density at radius 3 is 2.77 bits per heavy atom. The maximum atomic E-state index is 9.20. The van der Waals surface area contributed by atoms with E-state index >= 15 is 0 Å². The zero-order valence-electron chi connectivity index (χ0n) is 12.0. The van der Waals surface area contributed by atoms with Crippen molar-refractivity contribution < 1.29 is 4.42 Å². The summed E-state index contributed by atoms with van der Waals surface area (Å²) in [6.45, 7) is 2.05. The average Bonchev–Trinajstić information content (AvgIpc) is 2.92. The monoisotopic (exact) mass is 284 g/mol. The standard InChI is InChI=1S/C19H12N2O/c1-12-7-8-21-17(9-12)13-5-6-15-16-4-2-3-14(11-20)19(16)22-18(15)10-13/h2-10H,1H3. The van der Waals surface area contributed by atoms with Gasteiger partial charge in [-0.1, -0.05) is 18.2 Å². The summed E-state index contributed by atoms with van der Waals surface area (Å²) < 4.78 is 5.92. The van der Waals surface area contributed by atoms with E-state index < -0.39 is 0 Å². The van der Waals surface area contributed by atoms with Gasteiger partial charge in [0.1, 0.15) is 11.7 Å². The Kier molecular flexibility index (Phi) is 2.70. The van der Waals surface area contributed by atoms with E-state index in [2.05, 4.69) is 11.1 Å². The van der Waals surface area contributed by atoms with Crippen LogP contribution in [-0.2, 0) is 0 Å². The molecule has 22 heavy (non-hydrogen) atoms. The lowest BCUT2D eigenvalue weighted by Gasteiger charge is -2.01. The van der Waals surface area contributed by atoms with E-state index in [-0.39, 0.29) is 0 Å². The van der Waals surface area contributed by atoms with Crippen LogP contribution < -0.4 is 0 Å². The van der Waals surface area contributed by atoms with E-state index in [9.17, 15) is 5.26 Å². The second-order valence-electron chi connectivity index (χ2n) is 5.33. The van der Waals surface area contributed by atoms with Crippen LogP contribution in [0.25, 0.3) is 33.2 Å². The van der Waals surface area contributed by atoms with Gasteiger partial charge in [0, 0.05) is 22.5 Å². The second-order valence-corrected chi connectivity index (χ2v) is 5.33. The van der Waals surface area contributed by atoms with Gasteiger partial charge in [-0.3, -0.25) is 4.98 Å². The van der Waals surface area contributed by atoms with Crippen LogP contribution in [0.4, 0.5) is 0 Å². The number of benzene rings is 2. The molecule has 4 aromatic rings. The Morgan fingerprint density at radius 1 is 1.05 bits per heavy atom. The lowest BCUT2D eigenvalue weighted by molar-refractivity contribution is 0.668. The first-order valence-corrected chi connectivity index (χ1v) is 7.05. The molecule has 0 spiro atoms. The van der Waals surface area contributed by atoms with Crippen molar-refractivity contribution in [2.45, 2.75) is 6.92 Å². The molecule has 104 valence electrons. The number of pyridine rings is 1. The number of aromatic nitrogens is 1. The number of hydrogen-bond donors (Lipinski definition) is 0. The van der Waals surface area contributed by atoms with Crippen molar-refractivity contribution in [3.05, 3.63) is 65.9 Å². The quantitative estimate of drug-likeness (QED) is 0.503. The maximum Gasteiger partial charge on any atom is 0.153 e. The predicted octanol–water partition coefficient (Wildman–Crippen LogP) is 4.83. The van der Waals surface area contributed by atoms with Crippen LogP contribution in [0.15, 0.2) is 59.1 Å². The van der Waals surface area contributed by atoms with Crippen LogP contribution in [0, 0.1) is 18.3 Å². The summed E-state index contributed by atoms with van der Waals surface area (Å²) in [6, 6.07) is 17.9. The Bertz CT molecular complexity index is 1050. The SMILES string of the molecule is Cc1ccnc(-c2ccc3c(c2)oc2c(C#N)cccc23)c1. The third kappa shape index (κ3) is 1.86. The molecule has 0 saturated carbocycles. The van der Waals surface area contributed by atoms with E-state index in [1.165, 1.54) is 5.56 Å². The molecule has 0 N–H and O–H groups in total. The van der Waals surface area contributed by atoms with Gasteiger partial charge in [0.2, 0.25) is 0 Å². The van der Waals surface area contributed by atoms with Gasteiger partial charge in [0.25, 0.3) is 0 Å². The molecule has 0 aliphatic rings. The lowest BCUT2D eigenvalue weighted by atomic mass is 10.1. The largest absolute Gasteiger partial charge is 0.455 e. The predicted molar refractivity (Wildman–Crippen MR) is 86.4 cm³/mol. The second kappa shape index (κ2) is 4.71. The molecular weight excluding hydrogens is 272 g/mol. The third-order valence-corrected chi connectivity index (χ3v) is 3.83. The van der Waals surface area contributed by atoms with Gasteiger partial charge in [-0.15, -0.1) is 0 Å². The molecule has 0 unspecified atom stereocenters. The van der Waals surface area contributed by atoms with Crippen LogP contribution in [-0.4, -0.2) is 4.98 Å². The van der Waals surface area contributed by atoms with Gasteiger partial charge >= 0.3 is 0 Å². The van der Waals surface area contributed by atoms with E-state index in [0.29, 0.717) is 11.1 Å². The third-order valence-electron chi connectivity index (χ3n) is 3.83. The van der Waals surface area contributed by atoms with E-state index in [4.69, 9.17) is 4.42 Å². The molecule has 0 saturated heterocycles. The summed E-state index contributed by atoms with van der Waals surface area (Å²) in [5.41, 5.74) is 5.08. The number of hydrogen-bond acceptors (Lipinski definition) is 3. The van der Waals surface area contributed by atoms with Gasteiger partial charge in [0.05, 0.1) is 11.3 Å². The van der Waals surface area contributed by atoms with E-state index in [0.717, 1.165) is 27.6 Å². The smallest absolute Gasteiger partial charge is 0.153 e. The number of aryl methyl sites for hydroxylation is 1. The Labute approximate surface area is 127 Å². The molecule has 0 bridgehead atoms. The zero-order chi connectivity index (χ0) is 15.1. The molecule has 4 rings (SSSR count). The van der Waals surface area contributed by atoms with Crippen molar-refractivity contribution in [2.24, 2.45) is 0 Å². The summed E-state index contributed by atoms with van der Waals surface area (Å²) in [5.74, 6) is 0. The lowest BCUT2D eigenvalue weighted by Crippen LogP contribution is -1.83. The number of para-hydroxylation sites is 1. The molecule has 0 aliphatic heterocycles. The van der Waals surface area contributed by atoms with Gasteiger partial charge in [-0.25, -0.2) is 0 Å². The van der Waals surface area contributed by atoms with Crippen molar-refractivity contribution in [2.75, 3.05) is 0 Å². The van der Waals surface area contributed by atoms with Gasteiger partial charge in [0.15, 0.2) is 5.58 Å². The average molecular weight is 284 g/mol. The maximum absolute atomic E-state index is 9.20. The summed E-state index contributed by atoms with van der Waals surface area (Å²) in [7, 11) is 0. The fourth-order valence-electron chi connectivity index (χ4n) is 2.74. The van der Waals surface area contributed by atoms with E-state index in [1.807, 2.05) is 49.4 Å². The normalized spacial score (nSPS) is 10.9. The van der Waals surface area contributed by atoms with Gasteiger partial charge in [-0.05, 0) is 42.8 Å². The highest BCUT2D eigenvalue weighted by Crippen LogP contribution is 2.33. The van der Waals surface area contributed by atoms with Crippen LogP contribution in [0.2, 0.25) is 0 Å². The summed E-state index contributed by atoms with van der Waals surface area (Å²) >= 11 is 0. The molecule has 3 heteroatoms. The summed E-state index contributed by atoms with van der Waals surface area (Å²) in [6.07, 6.45) is 1.81. The minimum absolute atomic E-state index is 0.559. The molecule has 0 atom stereocenters. The molecule has 2 aromatic heterocycles. The minimum Gasteiger partial charge on any atom is -0.455 e. The molecule has 0 amide bonds.